The number of hydrogen-bond acceptors (Lipinski definition) is 2. The molecule has 1 atom stereocenters. The number of halogens is 1. The van der Waals surface area contributed by atoms with Crippen molar-refractivity contribution in [2.45, 2.75) is 25.8 Å². The number of nitrogens with zero attached hydrogens (tertiary/aromatic N) is 2. The number of aromatic nitrogens is 2. The van der Waals surface area contributed by atoms with E-state index in [9.17, 15) is 9.18 Å². The second-order valence-corrected chi connectivity index (χ2v) is 7.79. The molecule has 0 aliphatic carbocycles. The maximum Gasteiger partial charge on any atom is 0.270 e. The summed E-state index contributed by atoms with van der Waals surface area (Å²) in [6.07, 6.45) is 1.74. The van der Waals surface area contributed by atoms with Crippen molar-refractivity contribution < 1.29 is 9.18 Å². The Morgan fingerprint density at radius 3 is 2.28 bits per heavy atom. The van der Waals surface area contributed by atoms with E-state index in [0.29, 0.717) is 22.8 Å². The van der Waals surface area contributed by atoms with E-state index >= 15 is 0 Å². The van der Waals surface area contributed by atoms with Crippen molar-refractivity contribution >= 4 is 5.91 Å². The van der Waals surface area contributed by atoms with E-state index in [1.165, 1.54) is 12.1 Å². The first-order valence-electron chi connectivity index (χ1n) is 10.8. The minimum atomic E-state index is -0.367. The van der Waals surface area contributed by atoms with Crippen LogP contribution in [0.2, 0.25) is 0 Å². The lowest BCUT2D eigenvalue weighted by Gasteiger charge is -2.19. The lowest BCUT2D eigenvalue weighted by Crippen LogP contribution is -2.30. The van der Waals surface area contributed by atoms with Gasteiger partial charge in [0.2, 0.25) is 0 Å². The molecule has 1 unspecified atom stereocenters. The lowest BCUT2D eigenvalue weighted by molar-refractivity contribution is 0.0927. The highest BCUT2D eigenvalue weighted by Crippen LogP contribution is 2.30. The van der Waals surface area contributed by atoms with Crippen molar-refractivity contribution in [3.8, 4) is 22.6 Å². The van der Waals surface area contributed by atoms with Crippen molar-refractivity contribution in [2.24, 2.45) is 7.05 Å². The Morgan fingerprint density at radius 1 is 0.969 bits per heavy atom. The zero-order valence-electron chi connectivity index (χ0n) is 18.3. The summed E-state index contributed by atoms with van der Waals surface area (Å²) in [5.74, 6) is 0.0550. The minimum absolute atomic E-state index is 0.121. The summed E-state index contributed by atoms with van der Waals surface area (Å²) in [5, 5.41) is 3.19. The van der Waals surface area contributed by atoms with Crippen LogP contribution in [-0.2, 0) is 7.05 Å². The van der Waals surface area contributed by atoms with Gasteiger partial charge in [-0.2, -0.15) is 0 Å². The largest absolute Gasteiger partial charge is 0.344 e. The molecule has 0 saturated heterocycles. The van der Waals surface area contributed by atoms with Gasteiger partial charge in [-0.3, -0.25) is 4.79 Å². The zero-order valence-corrected chi connectivity index (χ0v) is 18.3. The van der Waals surface area contributed by atoms with Crippen LogP contribution in [-0.4, -0.2) is 15.5 Å². The van der Waals surface area contributed by atoms with Crippen molar-refractivity contribution in [1.82, 2.24) is 14.9 Å². The third-order valence-corrected chi connectivity index (χ3v) is 5.52. The standard InChI is InChI=1S/C27H26FN3O/c1-3-11-23(19-12-6-4-7-13-19)29-27(32)25-24(21-16-10-17-22(28)18-21)30-26(31(25)2)20-14-8-5-9-15-20/h4-10,12-18,23H,3,11H2,1-2H3,(H,29,32). The molecule has 0 aliphatic rings. The summed E-state index contributed by atoms with van der Waals surface area (Å²) in [6.45, 7) is 2.10. The normalized spacial score (nSPS) is 11.8. The van der Waals surface area contributed by atoms with Gasteiger partial charge in [0.15, 0.2) is 0 Å². The summed E-state index contributed by atoms with van der Waals surface area (Å²) < 4.78 is 15.8. The maximum atomic E-state index is 14.0. The van der Waals surface area contributed by atoms with Crippen molar-refractivity contribution in [3.63, 3.8) is 0 Å². The summed E-state index contributed by atoms with van der Waals surface area (Å²) in [5.41, 5.74) is 3.39. The quantitative estimate of drug-likeness (QED) is 0.384. The van der Waals surface area contributed by atoms with Crippen LogP contribution in [0, 0.1) is 5.82 Å². The van der Waals surface area contributed by atoms with Crippen LogP contribution in [0.25, 0.3) is 22.6 Å². The number of hydrogen-bond donors (Lipinski definition) is 1. The van der Waals surface area contributed by atoms with Crippen LogP contribution in [0.4, 0.5) is 4.39 Å². The van der Waals surface area contributed by atoms with Crippen LogP contribution in [0.15, 0.2) is 84.9 Å². The molecule has 1 heterocycles. The first kappa shape index (κ1) is 21.5. The number of nitrogens with one attached hydrogen (secondary N) is 1. The molecule has 0 bridgehead atoms. The van der Waals surface area contributed by atoms with Crippen LogP contribution in [0.5, 0.6) is 0 Å². The number of benzene rings is 3. The van der Waals surface area contributed by atoms with Crippen molar-refractivity contribution in [1.29, 1.82) is 0 Å². The van der Waals surface area contributed by atoms with Gasteiger partial charge in [-0.15, -0.1) is 0 Å². The van der Waals surface area contributed by atoms with Crippen molar-refractivity contribution in [2.75, 3.05) is 0 Å². The SMILES string of the molecule is CCCC(NC(=O)c1c(-c2cccc(F)c2)nc(-c2ccccc2)n1C)c1ccccc1. The van der Waals surface area contributed by atoms with Crippen molar-refractivity contribution in [3.05, 3.63) is 102 Å². The molecule has 4 nitrogen and oxygen atoms in total. The fourth-order valence-corrected chi connectivity index (χ4v) is 3.96. The predicted octanol–water partition coefficient (Wildman–Crippen LogP) is 6.16. The van der Waals surface area contributed by atoms with E-state index in [2.05, 4.69) is 12.2 Å². The Bertz CT molecular complexity index is 1200. The first-order chi connectivity index (χ1) is 15.6. The Morgan fingerprint density at radius 2 is 1.62 bits per heavy atom. The minimum Gasteiger partial charge on any atom is -0.344 e. The maximum absolute atomic E-state index is 14.0. The molecule has 4 rings (SSSR count). The average molecular weight is 428 g/mol. The highest BCUT2D eigenvalue weighted by molar-refractivity contribution is 5.99. The fraction of sp³-hybridized carbons (Fsp3) is 0.185. The molecular weight excluding hydrogens is 401 g/mol. The van der Waals surface area contributed by atoms with Gasteiger partial charge in [-0.1, -0.05) is 86.1 Å². The molecule has 1 N–H and O–H groups in total. The third-order valence-electron chi connectivity index (χ3n) is 5.52. The van der Waals surface area contributed by atoms with Gasteiger partial charge in [-0.05, 0) is 24.1 Å². The molecule has 162 valence electrons. The van der Waals surface area contributed by atoms with Crippen LogP contribution < -0.4 is 5.32 Å². The molecule has 0 spiro atoms. The molecule has 0 radical (unpaired) electrons. The summed E-state index contributed by atoms with van der Waals surface area (Å²) in [4.78, 5) is 18.4. The average Bonchev–Trinajstić information content (AvgIpc) is 3.17. The van der Waals surface area contributed by atoms with Gasteiger partial charge in [0.25, 0.3) is 5.91 Å². The molecule has 5 heteroatoms. The predicted molar refractivity (Wildman–Crippen MR) is 126 cm³/mol. The molecule has 4 aromatic rings. The number of amides is 1. The van der Waals surface area contributed by atoms with Crippen LogP contribution >= 0.6 is 0 Å². The van der Waals surface area contributed by atoms with Gasteiger partial charge in [0.05, 0.1) is 6.04 Å². The molecule has 3 aromatic carbocycles. The van der Waals surface area contributed by atoms with Gasteiger partial charge in [-0.25, -0.2) is 9.37 Å². The number of rotatable bonds is 7. The molecule has 0 aliphatic heterocycles. The van der Waals surface area contributed by atoms with Gasteiger partial charge in [0.1, 0.15) is 23.0 Å². The van der Waals surface area contributed by atoms with E-state index < -0.39 is 0 Å². The first-order valence-corrected chi connectivity index (χ1v) is 10.8. The summed E-state index contributed by atoms with van der Waals surface area (Å²) in [6, 6.07) is 25.7. The molecule has 1 aromatic heterocycles. The second-order valence-electron chi connectivity index (χ2n) is 7.79. The Kier molecular flexibility index (Phi) is 6.45. The van der Waals surface area contributed by atoms with E-state index in [-0.39, 0.29) is 17.8 Å². The van der Waals surface area contributed by atoms with Gasteiger partial charge < -0.3 is 9.88 Å². The topological polar surface area (TPSA) is 46.9 Å². The van der Waals surface area contributed by atoms with E-state index in [4.69, 9.17) is 4.98 Å². The molecule has 0 saturated carbocycles. The Balaban J connectivity index is 1.79. The highest BCUT2D eigenvalue weighted by Gasteiger charge is 2.25. The molecule has 0 fully saturated rings. The molecular formula is C27H26FN3O. The Hall–Kier alpha value is -3.73. The second kappa shape index (κ2) is 9.60. The lowest BCUT2D eigenvalue weighted by atomic mass is 10.0. The molecule has 1 amide bonds. The van der Waals surface area contributed by atoms with Crippen LogP contribution in [0.3, 0.4) is 0 Å². The smallest absolute Gasteiger partial charge is 0.270 e. The van der Waals surface area contributed by atoms with Gasteiger partial charge in [0, 0.05) is 18.2 Å². The zero-order chi connectivity index (χ0) is 22.5. The van der Waals surface area contributed by atoms with Gasteiger partial charge >= 0.3 is 0 Å². The Labute approximate surface area is 187 Å². The van der Waals surface area contributed by atoms with E-state index in [0.717, 1.165) is 24.0 Å². The van der Waals surface area contributed by atoms with E-state index in [1.54, 1.807) is 16.7 Å². The summed E-state index contributed by atoms with van der Waals surface area (Å²) >= 11 is 0. The monoisotopic (exact) mass is 427 g/mol. The highest BCUT2D eigenvalue weighted by atomic mass is 19.1. The molecule has 32 heavy (non-hydrogen) atoms. The number of carbonyl (C=O) groups excluding carboxylic acids is 1. The number of imidazole rings is 1. The van der Waals surface area contributed by atoms with E-state index in [1.807, 2.05) is 67.7 Å². The fourth-order valence-electron chi connectivity index (χ4n) is 3.96. The van der Waals surface area contributed by atoms with Crippen LogP contribution in [0.1, 0.15) is 41.9 Å². The summed E-state index contributed by atoms with van der Waals surface area (Å²) in [7, 11) is 1.82. The number of carbonyl (C=O) groups is 1. The third kappa shape index (κ3) is 4.47.